The third-order valence-corrected chi connectivity index (χ3v) is 4.63. The first-order valence-corrected chi connectivity index (χ1v) is 9.96. The van der Waals surface area contributed by atoms with E-state index in [1.165, 1.54) is 0 Å². The second-order valence-corrected chi connectivity index (χ2v) is 8.53. The Hall–Kier alpha value is -2.53. The second-order valence-electron chi connectivity index (χ2n) is 8.10. The Morgan fingerprint density at radius 2 is 1.76 bits per heavy atom. The first-order chi connectivity index (χ1) is 13.6. The zero-order valence-corrected chi connectivity index (χ0v) is 18.4. The van der Waals surface area contributed by atoms with Crippen molar-refractivity contribution in [3.63, 3.8) is 0 Å². The third kappa shape index (κ3) is 7.09. The maximum absolute atomic E-state index is 13.2. The van der Waals surface area contributed by atoms with Gasteiger partial charge in [-0.15, -0.1) is 0 Å². The molecule has 2 aromatic rings. The molecule has 2 aromatic carbocycles. The average Bonchev–Trinajstić information content (AvgIpc) is 2.64. The molecule has 0 heterocycles. The van der Waals surface area contributed by atoms with Crippen molar-refractivity contribution in [3.05, 3.63) is 64.7 Å². The fraction of sp³-hybridized carbons (Fsp3) is 0.391. The highest BCUT2D eigenvalue weighted by Crippen LogP contribution is 2.18. The molecule has 0 bridgehead atoms. The van der Waals surface area contributed by atoms with Crippen LogP contribution in [0.4, 0.5) is 0 Å². The fourth-order valence-corrected chi connectivity index (χ4v) is 3.16. The lowest BCUT2D eigenvalue weighted by Gasteiger charge is -2.31. The number of carbonyl (C=O) groups is 2. The number of hydrogen-bond donors (Lipinski definition) is 1. The predicted octanol–water partition coefficient (Wildman–Crippen LogP) is 4.22. The maximum Gasteiger partial charge on any atom is 0.242 e. The Bertz CT molecular complexity index is 861. The minimum Gasteiger partial charge on any atom is -0.497 e. The number of nitrogens with zero attached hydrogens (tertiary/aromatic N) is 1. The van der Waals surface area contributed by atoms with E-state index in [4.69, 9.17) is 16.3 Å². The molecule has 1 unspecified atom stereocenters. The third-order valence-electron chi connectivity index (χ3n) is 4.40. The molecule has 0 aliphatic heterocycles. The Morgan fingerprint density at radius 3 is 2.38 bits per heavy atom. The van der Waals surface area contributed by atoms with Gasteiger partial charge in [-0.3, -0.25) is 9.59 Å². The van der Waals surface area contributed by atoms with Gasteiger partial charge in [0.25, 0.3) is 0 Å². The number of hydrogen-bond acceptors (Lipinski definition) is 3. The Labute approximate surface area is 178 Å². The molecular formula is C23H29ClN2O3. The Kier molecular flexibility index (Phi) is 7.68. The average molecular weight is 417 g/mol. The Morgan fingerprint density at radius 1 is 1.10 bits per heavy atom. The van der Waals surface area contributed by atoms with E-state index in [0.717, 1.165) is 11.1 Å². The van der Waals surface area contributed by atoms with Gasteiger partial charge in [0, 0.05) is 17.1 Å². The number of ether oxygens (including phenoxy) is 1. The number of methoxy groups -OCH3 is 1. The van der Waals surface area contributed by atoms with Gasteiger partial charge in [0.05, 0.1) is 13.5 Å². The summed E-state index contributed by atoms with van der Waals surface area (Å²) in [7, 11) is 1.60. The van der Waals surface area contributed by atoms with Crippen molar-refractivity contribution in [1.82, 2.24) is 10.2 Å². The summed E-state index contributed by atoms with van der Waals surface area (Å²) in [5.74, 6) is 0.364. The van der Waals surface area contributed by atoms with Crippen molar-refractivity contribution in [2.75, 3.05) is 7.11 Å². The van der Waals surface area contributed by atoms with Gasteiger partial charge < -0.3 is 15.0 Å². The van der Waals surface area contributed by atoms with Crippen LogP contribution in [0, 0.1) is 0 Å². The molecular weight excluding hydrogens is 388 g/mol. The molecule has 5 nitrogen and oxygen atoms in total. The molecule has 0 spiro atoms. The maximum atomic E-state index is 13.2. The van der Waals surface area contributed by atoms with Crippen molar-refractivity contribution in [3.8, 4) is 5.75 Å². The normalized spacial score (nSPS) is 12.2. The molecule has 29 heavy (non-hydrogen) atoms. The monoisotopic (exact) mass is 416 g/mol. The number of halogens is 1. The van der Waals surface area contributed by atoms with Crippen molar-refractivity contribution < 1.29 is 14.3 Å². The van der Waals surface area contributed by atoms with Crippen LogP contribution in [0.25, 0.3) is 0 Å². The van der Waals surface area contributed by atoms with Crippen LogP contribution in [0.5, 0.6) is 5.75 Å². The molecule has 156 valence electrons. The molecule has 0 fully saturated rings. The zero-order chi connectivity index (χ0) is 21.6. The molecule has 0 aliphatic rings. The van der Waals surface area contributed by atoms with Crippen LogP contribution in [-0.2, 0) is 22.6 Å². The number of benzene rings is 2. The lowest BCUT2D eigenvalue weighted by atomic mass is 10.1. The van der Waals surface area contributed by atoms with E-state index >= 15 is 0 Å². The van der Waals surface area contributed by atoms with Gasteiger partial charge in [0.1, 0.15) is 11.8 Å². The van der Waals surface area contributed by atoms with E-state index < -0.39 is 6.04 Å². The number of carbonyl (C=O) groups excluding carboxylic acids is 2. The first kappa shape index (κ1) is 22.8. The summed E-state index contributed by atoms with van der Waals surface area (Å²) >= 11 is 6.05. The quantitative estimate of drug-likeness (QED) is 0.735. The van der Waals surface area contributed by atoms with E-state index in [2.05, 4.69) is 5.32 Å². The molecule has 0 saturated carbocycles. The van der Waals surface area contributed by atoms with Crippen LogP contribution in [0.3, 0.4) is 0 Å². The van der Waals surface area contributed by atoms with Crippen molar-refractivity contribution in [1.29, 1.82) is 0 Å². The minimum absolute atomic E-state index is 0.147. The molecule has 2 amide bonds. The molecule has 0 saturated heterocycles. The van der Waals surface area contributed by atoms with Crippen LogP contribution in [-0.4, -0.2) is 35.4 Å². The van der Waals surface area contributed by atoms with Crippen molar-refractivity contribution in [2.24, 2.45) is 0 Å². The SMILES string of the molecule is COc1cccc(CN(C(=O)Cc2cccc(Cl)c2)C(C)C(=O)NC(C)(C)C)c1. The summed E-state index contributed by atoms with van der Waals surface area (Å²) < 4.78 is 5.28. The number of amides is 2. The highest BCUT2D eigenvalue weighted by molar-refractivity contribution is 6.30. The fourth-order valence-electron chi connectivity index (χ4n) is 2.95. The molecule has 0 radical (unpaired) electrons. The van der Waals surface area contributed by atoms with Crippen LogP contribution in [0.1, 0.15) is 38.8 Å². The highest BCUT2D eigenvalue weighted by atomic mass is 35.5. The summed E-state index contributed by atoms with van der Waals surface area (Å²) in [5.41, 5.74) is 1.31. The van der Waals surface area contributed by atoms with Gasteiger partial charge >= 0.3 is 0 Å². The van der Waals surface area contributed by atoms with Crippen LogP contribution in [0.2, 0.25) is 5.02 Å². The van der Waals surface area contributed by atoms with Gasteiger partial charge in [-0.1, -0.05) is 35.9 Å². The van der Waals surface area contributed by atoms with Gasteiger partial charge in [0.15, 0.2) is 0 Å². The predicted molar refractivity (Wildman–Crippen MR) is 116 cm³/mol. The number of nitrogens with one attached hydrogen (secondary N) is 1. The molecule has 6 heteroatoms. The summed E-state index contributed by atoms with van der Waals surface area (Å²) in [6.45, 7) is 7.79. The summed E-state index contributed by atoms with van der Waals surface area (Å²) in [6.07, 6.45) is 0.164. The van der Waals surface area contributed by atoms with Gasteiger partial charge in [-0.2, -0.15) is 0 Å². The van der Waals surface area contributed by atoms with Crippen LogP contribution >= 0.6 is 11.6 Å². The van der Waals surface area contributed by atoms with E-state index in [1.807, 2.05) is 57.2 Å². The molecule has 2 rings (SSSR count). The largest absolute Gasteiger partial charge is 0.497 e. The van der Waals surface area contributed by atoms with Crippen LogP contribution in [0.15, 0.2) is 48.5 Å². The second kappa shape index (κ2) is 9.79. The Balaban J connectivity index is 2.27. The minimum atomic E-state index is -0.632. The zero-order valence-electron chi connectivity index (χ0n) is 17.7. The summed E-state index contributed by atoms with van der Waals surface area (Å²) in [5, 5.41) is 3.53. The molecule has 0 aromatic heterocycles. The van der Waals surface area contributed by atoms with Crippen molar-refractivity contribution >= 4 is 23.4 Å². The van der Waals surface area contributed by atoms with E-state index in [9.17, 15) is 9.59 Å². The topological polar surface area (TPSA) is 58.6 Å². The van der Waals surface area contributed by atoms with Gasteiger partial charge in [-0.05, 0) is 63.1 Å². The highest BCUT2D eigenvalue weighted by Gasteiger charge is 2.28. The van der Waals surface area contributed by atoms with E-state index in [1.54, 1.807) is 31.1 Å². The smallest absolute Gasteiger partial charge is 0.242 e. The number of rotatable bonds is 7. The molecule has 1 atom stereocenters. The standard InChI is InChI=1S/C23H29ClN2O3/c1-16(22(28)25-23(2,3)4)26(15-18-9-7-11-20(13-18)29-5)21(27)14-17-8-6-10-19(24)12-17/h6-13,16H,14-15H2,1-5H3,(H,25,28). The lowest BCUT2D eigenvalue weighted by molar-refractivity contribution is -0.140. The lowest BCUT2D eigenvalue weighted by Crippen LogP contribution is -2.52. The van der Waals surface area contributed by atoms with Gasteiger partial charge in [-0.25, -0.2) is 0 Å². The summed E-state index contributed by atoms with van der Waals surface area (Å²) in [6, 6.07) is 14.1. The van der Waals surface area contributed by atoms with E-state index in [0.29, 0.717) is 17.3 Å². The van der Waals surface area contributed by atoms with Gasteiger partial charge in [0.2, 0.25) is 11.8 Å². The summed E-state index contributed by atoms with van der Waals surface area (Å²) in [4.78, 5) is 27.5. The molecule has 0 aliphatic carbocycles. The van der Waals surface area contributed by atoms with E-state index in [-0.39, 0.29) is 23.8 Å². The first-order valence-electron chi connectivity index (χ1n) is 9.58. The molecule has 1 N–H and O–H groups in total. The van der Waals surface area contributed by atoms with Crippen molar-refractivity contribution in [2.45, 2.75) is 52.2 Å². The van der Waals surface area contributed by atoms with Crippen LogP contribution < -0.4 is 10.1 Å².